The van der Waals surface area contributed by atoms with Crippen molar-refractivity contribution in [2.45, 2.75) is 32.2 Å². The van der Waals surface area contributed by atoms with Gasteiger partial charge in [-0.25, -0.2) is 0 Å². The number of halogens is 1. The molecule has 3 saturated carbocycles. The van der Waals surface area contributed by atoms with Gasteiger partial charge in [-0.05, 0) is 48.6 Å². The van der Waals surface area contributed by atoms with Crippen LogP contribution in [0.4, 0.5) is 5.82 Å². The summed E-state index contributed by atoms with van der Waals surface area (Å²) in [6, 6.07) is -0.109. The van der Waals surface area contributed by atoms with Gasteiger partial charge in [-0.2, -0.15) is 10.1 Å². The molecule has 6 nitrogen and oxygen atoms in total. The number of carboxylic acid groups (broad SMARTS) is 1. The number of anilines is 1. The van der Waals surface area contributed by atoms with E-state index in [0.717, 1.165) is 19.3 Å². The van der Waals surface area contributed by atoms with E-state index in [4.69, 9.17) is 11.6 Å². The monoisotopic (exact) mass is 296 g/mol. The van der Waals surface area contributed by atoms with Gasteiger partial charge in [0.1, 0.15) is 5.82 Å². The van der Waals surface area contributed by atoms with Crippen molar-refractivity contribution in [3.05, 3.63) is 11.5 Å². The molecule has 3 fully saturated rings. The Morgan fingerprint density at radius 1 is 1.50 bits per heavy atom. The number of hydrogen-bond acceptors (Lipinski definition) is 5. The molecule has 1 heterocycles. The SMILES string of the molecule is CC1CC2CCC1C(Nc1cnnc(Cl)n1)C2C(=O)O. The van der Waals surface area contributed by atoms with Crippen molar-refractivity contribution in [3.63, 3.8) is 0 Å². The van der Waals surface area contributed by atoms with E-state index < -0.39 is 5.97 Å². The first-order valence-electron chi connectivity index (χ1n) is 6.91. The Kier molecular flexibility index (Phi) is 3.50. The zero-order chi connectivity index (χ0) is 14.3. The van der Waals surface area contributed by atoms with Gasteiger partial charge in [-0.3, -0.25) is 4.79 Å². The van der Waals surface area contributed by atoms with Crippen LogP contribution in [0.25, 0.3) is 0 Å². The Labute approximate surface area is 122 Å². The van der Waals surface area contributed by atoms with Crippen LogP contribution in [0.5, 0.6) is 0 Å². The van der Waals surface area contributed by atoms with Crippen molar-refractivity contribution in [1.82, 2.24) is 15.2 Å². The molecule has 20 heavy (non-hydrogen) atoms. The number of carboxylic acids is 1. The molecule has 0 spiro atoms. The average Bonchev–Trinajstić information content (AvgIpc) is 2.38. The third-order valence-electron chi connectivity index (χ3n) is 4.76. The van der Waals surface area contributed by atoms with Crippen LogP contribution in [0, 0.1) is 23.7 Å². The topological polar surface area (TPSA) is 88.0 Å². The normalized spacial score (nSPS) is 35.8. The molecular formula is C13H17ClN4O2. The Bertz CT molecular complexity index is 527. The minimum Gasteiger partial charge on any atom is -0.481 e. The van der Waals surface area contributed by atoms with Crippen LogP contribution in [0.2, 0.25) is 5.28 Å². The van der Waals surface area contributed by atoms with Gasteiger partial charge in [0.25, 0.3) is 0 Å². The van der Waals surface area contributed by atoms with E-state index >= 15 is 0 Å². The second-order valence-electron chi connectivity index (χ2n) is 5.86. The number of nitrogens with one attached hydrogen (secondary N) is 1. The molecule has 5 atom stereocenters. The molecule has 108 valence electrons. The van der Waals surface area contributed by atoms with E-state index in [-0.39, 0.29) is 23.2 Å². The number of carbonyl (C=O) groups is 1. The van der Waals surface area contributed by atoms with Gasteiger partial charge in [0.2, 0.25) is 5.28 Å². The summed E-state index contributed by atoms with van der Waals surface area (Å²) >= 11 is 5.73. The van der Waals surface area contributed by atoms with Crippen LogP contribution in [-0.4, -0.2) is 32.3 Å². The summed E-state index contributed by atoms with van der Waals surface area (Å²) in [5, 5.41) is 20.2. The molecule has 5 unspecified atom stereocenters. The molecule has 1 aromatic rings. The van der Waals surface area contributed by atoms with Gasteiger partial charge in [-0.1, -0.05) is 6.92 Å². The van der Waals surface area contributed by atoms with E-state index in [1.165, 1.54) is 6.20 Å². The molecule has 2 bridgehead atoms. The predicted molar refractivity (Wildman–Crippen MR) is 73.4 cm³/mol. The highest BCUT2D eigenvalue weighted by molar-refractivity contribution is 6.28. The Balaban J connectivity index is 1.87. The van der Waals surface area contributed by atoms with Crippen molar-refractivity contribution in [2.75, 3.05) is 5.32 Å². The van der Waals surface area contributed by atoms with Crippen LogP contribution in [-0.2, 0) is 4.79 Å². The third kappa shape index (κ3) is 2.32. The Morgan fingerprint density at radius 2 is 2.30 bits per heavy atom. The van der Waals surface area contributed by atoms with Crippen LogP contribution in [0.3, 0.4) is 0 Å². The molecule has 0 amide bonds. The number of aliphatic carboxylic acids is 1. The minimum atomic E-state index is -0.725. The van der Waals surface area contributed by atoms with E-state index in [9.17, 15) is 9.90 Å². The van der Waals surface area contributed by atoms with Gasteiger partial charge in [0, 0.05) is 6.04 Å². The fraction of sp³-hybridized carbons (Fsp3) is 0.692. The first kappa shape index (κ1) is 13.5. The highest BCUT2D eigenvalue weighted by atomic mass is 35.5. The summed E-state index contributed by atoms with van der Waals surface area (Å²) in [5.74, 6) is 0.550. The fourth-order valence-electron chi connectivity index (χ4n) is 3.95. The van der Waals surface area contributed by atoms with Crippen LogP contribution >= 0.6 is 11.6 Å². The van der Waals surface area contributed by atoms with Crippen molar-refractivity contribution in [1.29, 1.82) is 0 Å². The maximum atomic E-state index is 11.6. The zero-order valence-corrected chi connectivity index (χ0v) is 11.9. The van der Waals surface area contributed by atoms with Crippen LogP contribution < -0.4 is 5.32 Å². The van der Waals surface area contributed by atoms with Crippen LogP contribution in [0.1, 0.15) is 26.2 Å². The second-order valence-corrected chi connectivity index (χ2v) is 6.20. The lowest BCUT2D eigenvalue weighted by molar-refractivity contribution is -0.149. The molecule has 0 radical (unpaired) electrons. The van der Waals surface area contributed by atoms with Crippen molar-refractivity contribution < 1.29 is 9.90 Å². The first-order valence-corrected chi connectivity index (χ1v) is 7.28. The highest BCUT2D eigenvalue weighted by Gasteiger charge is 2.50. The molecule has 4 rings (SSSR count). The molecule has 1 aromatic heterocycles. The smallest absolute Gasteiger partial charge is 0.308 e. The summed E-state index contributed by atoms with van der Waals surface area (Å²) in [6.45, 7) is 2.20. The molecule has 0 saturated heterocycles. The average molecular weight is 297 g/mol. The van der Waals surface area contributed by atoms with Crippen LogP contribution in [0.15, 0.2) is 6.20 Å². The van der Waals surface area contributed by atoms with Gasteiger partial charge < -0.3 is 10.4 Å². The van der Waals surface area contributed by atoms with E-state index in [1.807, 2.05) is 0 Å². The summed E-state index contributed by atoms with van der Waals surface area (Å²) in [4.78, 5) is 15.7. The number of hydrogen-bond donors (Lipinski definition) is 2. The molecule has 7 heteroatoms. The fourth-order valence-corrected chi connectivity index (χ4v) is 4.09. The quantitative estimate of drug-likeness (QED) is 0.888. The molecule has 2 N–H and O–H groups in total. The second kappa shape index (κ2) is 5.16. The number of nitrogens with zero attached hydrogens (tertiary/aromatic N) is 3. The predicted octanol–water partition coefficient (Wildman–Crippen LogP) is 2.07. The molecular weight excluding hydrogens is 280 g/mol. The minimum absolute atomic E-state index is 0.0656. The Hall–Kier alpha value is -1.43. The van der Waals surface area contributed by atoms with Crippen molar-refractivity contribution in [2.24, 2.45) is 23.7 Å². The lowest BCUT2D eigenvalue weighted by Crippen LogP contribution is -2.54. The number of aromatic nitrogens is 3. The zero-order valence-electron chi connectivity index (χ0n) is 11.2. The summed E-state index contributed by atoms with van der Waals surface area (Å²) in [5.41, 5.74) is 0. The van der Waals surface area contributed by atoms with Gasteiger partial charge in [0.15, 0.2) is 0 Å². The molecule has 3 aliphatic carbocycles. The summed E-state index contributed by atoms with van der Waals surface area (Å²) < 4.78 is 0. The number of fused-ring (bicyclic) bond motifs is 3. The first-order chi connectivity index (χ1) is 9.56. The van der Waals surface area contributed by atoms with Gasteiger partial charge >= 0.3 is 5.97 Å². The van der Waals surface area contributed by atoms with Crippen molar-refractivity contribution in [3.8, 4) is 0 Å². The van der Waals surface area contributed by atoms with E-state index in [1.54, 1.807) is 0 Å². The standard InChI is InChI=1S/C13H17ClN4O2/c1-6-4-7-2-3-8(6)11(10(7)12(19)20)16-9-5-15-18-13(14)17-9/h5-8,10-11H,2-4H2,1H3,(H,19,20)(H,16,17,18). The largest absolute Gasteiger partial charge is 0.481 e. The maximum absolute atomic E-state index is 11.6. The maximum Gasteiger partial charge on any atom is 0.308 e. The Morgan fingerprint density at radius 3 is 2.95 bits per heavy atom. The lowest BCUT2D eigenvalue weighted by atomic mass is 9.57. The summed E-state index contributed by atoms with van der Waals surface area (Å²) in [6.07, 6.45) is 4.56. The van der Waals surface area contributed by atoms with E-state index in [0.29, 0.717) is 17.7 Å². The lowest BCUT2D eigenvalue weighted by Gasteiger charge is -2.50. The van der Waals surface area contributed by atoms with E-state index in [2.05, 4.69) is 27.4 Å². The number of rotatable bonds is 3. The molecule has 0 aliphatic heterocycles. The summed E-state index contributed by atoms with van der Waals surface area (Å²) in [7, 11) is 0. The third-order valence-corrected chi connectivity index (χ3v) is 4.93. The van der Waals surface area contributed by atoms with Crippen molar-refractivity contribution >= 4 is 23.4 Å². The highest BCUT2D eigenvalue weighted by Crippen LogP contribution is 2.49. The van der Waals surface area contributed by atoms with Gasteiger partial charge in [0.05, 0.1) is 12.1 Å². The molecule has 3 aliphatic rings. The van der Waals surface area contributed by atoms with Gasteiger partial charge in [-0.15, -0.1) is 5.10 Å². The molecule has 0 aromatic carbocycles.